The summed E-state index contributed by atoms with van der Waals surface area (Å²) in [4.78, 5) is 25.1. The lowest BCUT2D eigenvalue weighted by Crippen LogP contribution is -2.40. The molecule has 1 atom stereocenters. The Hall–Kier alpha value is -1.88. The quantitative estimate of drug-likeness (QED) is 0.874. The first-order valence-corrected chi connectivity index (χ1v) is 7.33. The zero-order chi connectivity index (χ0) is 15.2. The van der Waals surface area contributed by atoms with Crippen LogP contribution in [0.4, 0.5) is 0 Å². The normalized spacial score (nSPS) is 18.4. The van der Waals surface area contributed by atoms with Crippen molar-refractivity contribution in [3.8, 4) is 0 Å². The SMILES string of the molecule is CC(=O)NCc1ccc(C(=O)N2CCCC(CO)C2)cc1. The third kappa shape index (κ3) is 4.29. The highest BCUT2D eigenvalue weighted by molar-refractivity contribution is 5.94. The molecule has 1 aliphatic rings. The van der Waals surface area contributed by atoms with Gasteiger partial charge in [-0.05, 0) is 36.5 Å². The highest BCUT2D eigenvalue weighted by Gasteiger charge is 2.23. The van der Waals surface area contributed by atoms with Crippen LogP contribution in [0.15, 0.2) is 24.3 Å². The summed E-state index contributed by atoms with van der Waals surface area (Å²) < 4.78 is 0. The number of rotatable bonds is 4. The first-order valence-electron chi connectivity index (χ1n) is 7.33. The second kappa shape index (κ2) is 7.22. The van der Waals surface area contributed by atoms with Gasteiger partial charge < -0.3 is 15.3 Å². The number of aliphatic hydroxyl groups excluding tert-OH is 1. The van der Waals surface area contributed by atoms with Gasteiger partial charge in [-0.25, -0.2) is 0 Å². The molecule has 114 valence electrons. The number of nitrogens with one attached hydrogen (secondary N) is 1. The van der Waals surface area contributed by atoms with Crippen LogP contribution in [-0.2, 0) is 11.3 Å². The molecule has 5 nitrogen and oxygen atoms in total. The van der Waals surface area contributed by atoms with E-state index in [4.69, 9.17) is 0 Å². The molecule has 1 aromatic rings. The molecule has 0 radical (unpaired) electrons. The van der Waals surface area contributed by atoms with E-state index in [2.05, 4.69) is 5.32 Å². The van der Waals surface area contributed by atoms with E-state index in [0.717, 1.165) is 24.9 Å². The minimum absolute atomic E-state index is 0.0132. The molecule has 1 aromatic carbocycles. The van der Waals surface area contributed by atoms with Crippen molar-refractivity contribution in [2.45, 2.75) is 26.3 Å². The number of likely N-dealkylation sites (tertiary alicyclic amines) is 1. The van der Waals surface area contributed by atoms with E-state index in [0.29, 0.717) is 18.7 Å². The fraction of sp³-hybridized carbons (Fsp3) is 0.500. The van der Waals surface area contributed by atoms with Gasteiger partial charge in [0.15, 0.2) is 0 Å². The maximum Gasteiger partial charge on any atom is 0.253 e. The van der Waals surface area contributed by atoms with E-state index in [-0.39, 0.29) is 24.3 Å². The van der Waals surface area contributed by atoms with E-state index in [1.807, 2.05) is 17.0 Å². The van der Waals surface area contributed by atoms with Gasteiger partial charge in [-0.1, -0.05) is 12.1 Å². The van der Waals surface area contributed by atoms with Gasteiger partial charge in [0.1, 0.15) is 0 Å². The van der Waals surface area contributed by atoms with Crippen LogP contribution in [0.25, 0.3) is 0 Å². The van der Waals surface area contributed by atoms with Crippen LogP contribution < -0.4 is 5.32 Å². The first kappa shape index (κ1) is 15.5. The van der Waals surface area contributed by atoms with Crippen LogP contribution in [-0.4, -0.2) is 41.5 Å². The predicted molar refractivity (Wildman–Crippen MR) is 79.7 cm³/mol. The summed E-state index contributed by atoms with van der Waals surface area (Å²) in [5.41, 5.74) is 1.62. The highest BCUT2D eigenvalue weighted by Crippen LogP contribution is 2.18. The van der Waals surface area contributed by atoms with Gasteiger partial charge in [-0.2, -0.15) is 0 Å². The molecule has 21 heavy (non-hydrogen) atoms. The number of amides is 2. The number of piperidine rings is 1. The number of nitrogens with zero attached hydrogens (tertiary/aromatic N) is 1. The lowest BCUT2D eigenvalue weighted by atomic mass is 9.98. The monoisotopic (exact) mass is 290 g/mol. The summed E-state index contributed by atoms with van der Waals surface area (Å²) in [6.45, 7) is 3.47. The van der Waals surface area contributed by atoms with Crippen LogP contribution in [0.5, 0.6) is 0 Å². The van der Waals surface area contributed by atoms with Gasteiger partial charge in [0.25, 0.3) is 5.91 Å². The third-order valence-electron chi connectivity index (χ3n) is 3.81. The average molecular weight is 290 g/mol. The van der Waals surface area contributed by atoms with E-state index < -0.39 is 0 Å². The van der Waals surface area contributed by atoms with E-state index in [9.17, 15) is 14.7 Å². The molecule has 0 bridgehead atoms. The Balaban J connectivity index is 1.97. The fourth-order valence-electron chi connectivity index (χ4n) is 2.57. The Bertz CT molecular complexity index is 499. The molecule has 0 aliphatic carbocycles. The smallest absolute Gasteiger partial charge is 0.253 e. The highest BCUT2D eigenvalue weighted by atomic mass is 16.3. The van der Waals surface area contributed by atoms with Gasteiger partial charge in [-0.15, -0.1) is 0 Å². The average Bonchev–Trinajstić information content (AvgIpc) is 2.52. The van der Waals surface area contributed by atoms with Crippen molar-refractivity contribution in [1.29, 1.82) is 0 Å². The maximum atomic E-state index is 12.4. The Morgan fingerprint density at radius 2 is 2.05 bits per heavy atom. The molecule has 0 spiro atoms. The Morgan fingerprint density at radius 1 is 1.33 bits per heavy atom. The maximum absolute atomic E-state index is 12.4. The Labute approximate surface area is 125 Å². The van der Waals surface area contributed by atoms with Gasteiger partial charge in [0, 0.05) is 38.7 Å². The molecule has 0 saturated carbocycles. The summed E-state index contributed by atoms with van der Waals surface area (Å²) in [7, 11) is 0. The molecule has 0 aromatic heterocycles. The molecule has 1 aliphatic heterocycles. The molecule has 2 rings (SSSR count). The summed E-state index contributed by atoms with van der Waals surface area (Å²) >= 11 is 0. The number of carbonyl (C=O) groups is 2. The number of hydrogen-bond acceptors (Lipinski definition) is 3. The zero-order valence-corrected chi connectivity index (χ0v) is 12.3. The minimum atomic E-state index is -0.0708. The summed E-state index contributed by atoms with van der Waals surface area (Å²) in [6.07, 6.45) is 1.92. The second-order valence-corrected chi connectivity index (χ2v) is 5.55. The summed E-state index contributed by atoms with van der Waals surface area (Å²) in [5.74, 6) is 0.138. The number of hydrogen-bond donors (Lipinski definition) is 2. The molecule has 2 amide bonds. The van der Waals surface area contributed by atoms with Crippen molar-refractivity contribution < 1.29 is 14.7 Å². The van der Waals surface area contributed by atoms with Crippen LogP contribution in [0.1, 0.15) is 35.7 Å². The van der Waals surface area contributed by atoms with Crippen molar-refractivity contribution in [2.75, 3.05) is 19.7 Å². The lowest BCUT2D eigenvalue weighted by Gasteiger charge is -2.31. The van der Waals surface area contributed by atoms with Crippen molar-refractivity contribution in [1.82, 2.24) is 10.2 Å². The third-order valence-corrected chi connectivity index (χ3v) is 3.81. The van der Waals surface area contributed by atoms with Crippen molar-refractivity contribution >= 4 is 11.8 Å². The van der Waals surface area contributed by atoms with E-state index >= 15 is 0 Å². The largest absolute Gasteiger partial charge is 0.396 e. The van der Waals surface area contributed by atoms with Crippen LogP contribution in [0, 0.1) is 5.92 Å². The molecule has 1 saturated heterocycles. The summed E-state index contributed by atoms with van der Waals surface area (Å²) in [6, 6.07) is 7.30. The van der Waals surface area contributed by atoms with Crippen LogP contribution >= 0.6 is 0 Å². The molecule has 1 heterocycles. The molecular weight excluding hydrogens is 268 g/mol. The Morgan fingerprint density at radius 3 is 2.67 bits per heavy atom. The van der Waals surface area contributed by atoms with Gasteiger partial charge >= 0.3 is 0 Å². The second-order valence-electron chi connectivity index (χ2n) is 5.55. The van der Waals surface area contributed by atoms with Crippen LogP contribution in [0.3, 0.4) is 0 Å². The number of aliphatic hydroxyl groups is 1. The number of carbonyl (C=O) groups excluding carboxylic acids is 2. The standard InChI is InChI=1S/C16H22N2O3/c1-12(20)17-9-13-4-6-15(7-5-13)16(21)18-8-2-3-14(10-18)11-19/h4-7,14,19H,2-3,8-11H2,1H3,(H,17,20). The van der Waals surface area contributed by atoms with E-state index in [1.165, 1.54) is 6.92 Å². The van der Waals surface area contributed by atoms with Crippen molar-refractivity contribution in [3.05, 3.63) is 35.4 Å². The van der Waals surface area contributed by atoms with Gasteiger partial charge in [-0.3, -0.25) is 9.59 Å². The summed E-state index contributed by atoms with van der Waals surface area (Å²) in [5, 5.41) is 12.0. The molecule has 1 unspecified atom stereocenters. The topological polar surface area (TPSA) is 69.6 Å². The molecule has 1 fully saturated rings. The minimum Gasteiger partial charge on any atom is -0.396 e. The fourth-order valence-corrected chi connectivity index (χ4v) is 2.57. The predicted octanol–water partition coefficient (Wildman–Crippen LogP) is 1.17. The van der Waals surface area contributed by atoms with Crippen molar-refractivity contribution in [2.24, 2.45) is 5.92 Å². The zero-order valence-electron chi connectivity index (χ0n) is 12.3. The van der Waals surface area contributed by atoms with Crippen LogP contribution in [0.2, 0.25) is 0 Å². The van der Waals surface area contributed by atoms with E-state index in [1.54, 1.807) is 12.1 Å². The number of benzene rings is 1. The molecule has 5 heteroatoms. The molecule has 2 N–H and O–H groups in total. The van der Waals surface area contributed by atoms with Gasteiger partial charge in [0.05, 0.1) is 0 Å². The lowest BCUT2D eigenvalue weighted by molar-refractivity contribution is -0.119. The molecular formula is C16H22N2O3. The Kier molecular flexibility index (Phi) is 5.33. The van der Waals surface area contributed by atoms with Crippen molar-refractivity contribution in [3.63, 3.8) is 0 Å². The van der Waals surface area contributed by atoms with Gasteiger partial charge in [0.2, 0.25) is 5.91 Å². The first-order chi connectivity index (χ1) is 10.1.